The third-order valence-corrected chi connectivity index (χ3v) is 4.10. The molecule has 1 saturated heterocycles. The van der Waals surface area contributed by atoms with Crippen LogP contribution in [0.25, 0.3) is 0 Å². The van der Waals surface area contributed by atoms with Crippen LogP contribution in [-0.4, -0.2) is 18.1 Å². The summed E-state index contributed by atoms with van der Waals surface area (Å²) in [5.74, 6) is 0.738. The Hall–Kier alpha value is -0.610. The molecule has 0 aliphatic carbocycles. The number of thiocarbonyl (C=S) groups is 1. The zero-order valence-corrected chi connectivity index (χ0v) is 12.4. The van der Waals surface area contributed by atoms with E-state index in [9.17, 15) is 0 Å². The van der Waals surface area contributed by atoms with E-state index in [2.05, 4.69) is 33.8 Å². The summed E-state index contributed by atoms with van der Waals surface area (Å²) in [6, 6.07) is 6.14. The lowest BCUT2D eigenvalue weighted by atomic mass is 9.99. The highest BCUT2D eigenvalue weighted by atomic mass is 79.9. The van der Waals surface area contributed by atoms with Crippen molar-refractivity contribution in [2.24, 2.45) is 11.7 Å². The Morgan fingerprint density at radius 2 is 2.29 bits per heavy atom. The lowest BCUT2D eigenvalue weighted by Gasteiger charge is -2.34. The van der Waals surface area contributed by atoms with Crippen molar-refractivity contribution in [3.05, 3.63) is 28.2 Å². The molecule has 0 amide bonds. The van der Waals surface area contributed by atoms with E-state index >= 15 is 0 Å². The predicted octanol–water partition coefficient (Wildman–Crippen LogP) is 3.32. The van der Waals surface area contributed by atoms with Gasteiger partial charge in [0.2, 0.25) is 0 Å². The van der Waals surface area contributed by atoms with Gasteiger partial charge in [0.25, 0.3) is 0 Å². The van der Waals surface area contributed by atoms with Gasteiger partial charge in [-0.2, -0.15) is 0 Å². The number of nitrogens with two attached hydrogens (primary N) is 1. The SMILES string of the molecule is CC1CCCN(c2cccc(Br)c2C(N)=S)C1. The van der Waals surface area contributed by atoms with E-state index in [-0.39, 0.29) is 0 Å². The molecule has 4 heteroatoms. The molecule has 2 N–H and O–H groups in total. The minimum atomic E-state index is 0.464. The maximum Gasteiger partial charge on any atom is 0.107 e. The first-order valence-corrected chi connectivity index (χ1v) is 7.13. The molecule has 17 heavy (non-hydrogen) atoms. The maximum atomic E-state index is 5.83. The van der Waals surface area contributed by atoms with E-state index in [1.165, 1.54) is 18.5 Å². The number of rotatable bonds is 2. The van der Waals surface area contributed by atoms with Crippen molar-refractivity contribution in [1.29, 1.82) is 0 Å². The van der Waals surface area contributed by atoms with Gasteiger partial charge in [0, 0.05) is 28.8 Å². The van der Waals surface area contributed by atoms with Crippen LogP contribution in [0, 0.1) is 5.92 Å². The monoisotopic (exact) mass is 312 g/mol. The second kappa shape index (κ2) is 5.36. The summed E-state index contributed by atoms with van der Waals surface area (Å²) in [6.45, 7) is 4.48. The molecule has 0 saturated carbocycles. The average Bonchev–Trinajstić information content (AvgIpc) is 2.28. The van der Waals surface area contributed by atoms with Gasteiger partial charge in [-0.15, -0.1) is 0 Å². The molecule has 0 aromatic heterocycles. The van der Waals surface area contributed by atoms with Gasteiger partial charge in [0.05, 0.1) is 0 Å². The second-order valence-electron chi connectivity index (χ2n) is 4.69. The number of piperidine rings is 1. The Labute approximate surface area is 116 Å². The van der Waals surface area contributed by atoms with Crippen LogP contribution >= 0.6 is 28.1 Å². The number of halogens is 1. The van der Waals surface area contributed by atoms with Crippen LogP contribution in [0.4, 0.5) is 5.69 Å². The first kappa shape index (κ1) is 12.8. The zero-order valence-electron chi connectivity index (χ0n) is 9.95. The molecule has 1 heterocycles. The van der Waals surface area contributed by atoms with E-state index in [1.54, 1.807) is 0 Å². The molecule has 1 aliphatic rings. The van der Waals surface area contributed by atoms with Gasteiger partial charge in [-0.3, -0.25) is 0 Å². The standard InChI is InChI=1S/C13H17BrN2S/c1-9-4-3-7-16(8-9)11-6-2-5-10(14)12(11)13(15)17/h2,5-6,9H,3-4,7-8H2,1H3,(H2,15,17). The summed E-state index contributed by atoms with van der Waals surface area (Å²) in [6.07, 6.45) is 2.55. The molecule has 0 radical (unpaired) electrons. The topological polar surface area (TPSA) is 29.3 Å². The Bertz CT molecular complexity index is 433. The van der Waals surface area contributed by atoms with Gasteiger partial charge >= 0.3 is 0 Å². The summed E-state index contributed by atoms with van der Waals surface area (Å²) in [4.78, 5) is 2.86. The van der Waals surface area contributed by atoms with Crippen LogP contribution in [0.15, 0.2) is 22.7 Å². The van der Waals surface area contributed by atoms with Gasteiger partial charge in [0.15, 0.2) is 0 Å². The molecule has 2 nitrogen and oxygen atoms in total. The molecule has 1 aromatic rings. The average molecular weight is 313 g/mol. The molecule has 1 unspecified atom stereocenters. The minimum Gasteiger partial charge on any atom is -0.389 e. The van der Waals surface area contributed by atoms with E-state index in [0.29, 0.717) is 4.99 Å². The smallest absolute Gasteiger partial charge is 0.107 e. The lowest BCUT2D eigenvalue weighted by Crippen LogP contribution is -2.35. The molecule has 1 aliphatic heterocycles. The summed E-state index contributed by atoms with van der Waals surface area (Å²) in [5.41, 5.74) is 7.97. The summed E-state index contributed by atoms with van der Waals surface area (Å²) in [5, 5.41) is 0. The third kappa shape index (κ3) is 2.80. The Morgan fingerprint density at radius 1 is 1.53 bits per heavy atom. The summed E-state index contributed by atoms with van der Waals surface area (Å²) < 4.78 is 0.987. The molecule has 0 spiro atoms. The van der Waals surface area contributed by atoms with Gasteiger partial charge in [-0.25, -0.2) is 0 Å². The number of benzene rings is 1. The van der Waals surface area contributed by atoms with Gasteiger partial charge in [0.1, 0.15) is 4.99 Å². The Balaban J connectivity index is 2.37. The van der Waals surface area contributed by atoms with Crippen LogP contribution in [-0.2, 0) is 0 Å². The molecular weight excluding hydrogens is 296 g/mol. The van der Waals surface area contributed by atoms with Crippen molar-refractivity contribution in [1.82, 2.24) is 0 Å². The van der Waals surface area contributed by atoms with Crippen molar-refractivity contribution < 1.29 is 0 Å². The fourth-order valence-electron chi connectivity index (χ4n) is 2.43. The van der Waals surface area contributed by atoms with E-state index in [1.807, 2.05) is 12.1 Å². The van der Waals surface area contributed by atoms with Crippen molar-refractivity contribution in [3.63, 3.8) is 0 Å². The van der Waals surface area contributed by atoms with Crippen molar-refractivity contribution in [2.45, 2.75) is 19.8 Å². The zero-order chi connectivity index (χ0) is 12.4. The van der Waals surface area contributed by atoms with Crippen LogP contribution in [0.5, 0.6) is 0 Å². The van der Waals surface area contributed by atoms with Crippen LogP contribution in [0.2, 0.25) is 0 Å². The van der Waals surface area contributed by atoms with E-state index < -0.39 is 0 Å². The van der Waals surface area contributed by atoms with Crippen LogP contribution in [0.3, 0.4) is 0 Å². The fourth-order valence-corrected chi connectivity index (χ4v) is 3.34. The first-order valence-electron chi connectivity index (χ1n) is 5.93. The molecular formula is C13H17BrN2S. The predicted molar refractivity (Wildman–Crippen MR) is 80.6 cm³/mol. The van der Waals surface area contributed by atoms with Crippen LogP contribution in [0.1, 0.15) is 25.3 Å². The molecule has 2 rings (SSSR count). The molecule has 1 aromatic carbocycles. The van der Waals surface area contributed by atoms with Crippen molar-refractivity contribution in [3.8, 4) is 0 Å². The summed E-state index contributed by atoms with van der Waals surface area (Å²) in [7, 11) is 0. The fraction of sp³-hybridized carbons (Fsp3) is 0.462. The number of anilines is 1. The summed E-state index contributed by atoms with van der Waals surface area (Å²) >= 11 is 8.69. The van der Waals surface area contributed by atoms with Crippen molar-refractivity contribution in [2.75, 3.05) is 18.0 Å². The van der Waals surface area contributed by atoms with Gasteiger partial charge < -0.3 is 10.6 Å². The highest BCUT2D eigenvalue weighted by molar-refractivity contribution is 9.10. The van der Waals surface area contributed by atoms with E-state index in [4.69, 9.17) is 18.0 Å². The van der Waals surface area contributed by atoms with Gasteiger partial charge in [-0.05, 0) is 46.8 Å². The molecule has 0 bridgehead atoms. The van der Waals surface area contributed by atoms with Crippen molar-refractivity contribution >= 4 is 38.8 Å². The van der Waals surface area contributed by atoms with E-state index in [0.717, 1.165) is 29.0 Å². The van der Waals surface area contributed by atoms with Crippen LogP contribution < -0.4 is 10.6 Å². The maximum absolute atomic E-state index is 5.83. The quantitative estimate of drug-likeness (QED) is 0.849. The minimum absolute atomic E-state index is 0.464. The molecule has 1 fully saturated rings. The molecule has 1 atom stereocenters. The Kier molecular flexibility index (Phi) is 4.05. The first-order chi connectivity index (χ1) is 8.09. The number of hydrogen-bond donors (Lipinski definition) is 1. The number of nitrogens with zero attached hydrogens (tertiary/aromatic N) is 1. The van der Waals surface area contributed by atoms with Gasteiger partial charge in [-0.1, -0.05) is 25.2 Å². The normalized spacial score (nSPS) is 20.4. The Morgan fingerprint density at radius 3 is 2.94 bits per heavy atom. The second-order valence-corrected chi connectivity index (χ2v) is 5.99. The highest BCUT2D eigenvalue weighted by Crippen LogP contribution is 2.30. The largest absolute Gasteiger partial charge is 0.389 e. The number of hydrogen-bond acceptors (Lipinski definition) is 2. The lowest BCUT2D eigenvalue weighted by molar-refractivity contribution is 0.446. The molecule has 92 valence electrons. The highest BCUT2D eigenvalue weighted by Gasteiger charge is 2.20. The third-order valence-electron chi connectivity index (χ3n) is 3.24.